The second-order valence-electron chi connectivity index (χ2n) is 11.2. The molecular formula is C33H50INO6. The molecule has 2 aromatic rings. The molecular weight excluding hydrogens is 633 g/mol. The molecule has 2 rings (SSSR count). The first-order valence-electron chi connectivity index (χ1n) is 14.7. The average Bonchev–Trinajstić information content (AvgIpc) is 2.96. The Hall–Kier alpha value is -2.04. The summed E-state index contributed by atoms with van der Waals surface area (Å²) in [5.41, 5.74) is 1.18. The van der Waals surface area contributed by atoms with Crippen molar-refractivity contribution < 1.29 is 28.8 Å². The van der Waals surface area contributed by atoms with Crippen LogP contribution in [0.15, 0.2) is 48.5 Å². The highest BCUT2D eigenvalue weighted by molar-refractivity contribution is 14.1. The van der Waals surface area contributed by atoms with Crippen LogP contribution in [0.4, 0.5) is 0 Å². The fraction of sp³-hybridized carbons (Fsp3) is 0.606. The molecule has 2 N–H and O–H groups in total. The second kappa shape index (κ2) is 19.2. The number of carbonyl (C=O) groups excluding carboxylic acids is 1. The molecule has 2 aromatic carbocycles. The summed E-state index contributed by atoms with van der Waals surface area (Å²) in [6, 6.07) is 15.7. The highest BCUT2D eigenvalue weighted by atomic mass is 127. The topological polar surface area (TPSA) is 86.2 Å². The molecule has 4 atom stereocenters. The minimum Gasteiger partial charge on any atom is -0.493 e. The Morgan fingerprint density at radius 1 is 0.902 bits per heavy atom. The molecule has 1 amide bonds. The van der Waals surface area contributed by atoms with E-state index in [9.17, 15) is 9.90 Å². The minimum atomic E-state index is -0.578. The lowest BCUT2D eigenvalue weighted by Gasteiger charge is -2.29. The Labute approximate surface area is 260 Å². The predicted octanol–water partition coefficient (Wildman–Crippen LogP) is 6.34. The summed E-state index contributed by atoms with van der Waals surface area (Å²) < 4.78 is 22.3. The van der Waals surface area contributed by atoms with Crippen LogP contribution in [0.1, 0.15) is 52.5 Å². The van der Waals surface area contributed by atoms with Gasteiger partial charge in [-0.1, -0.05) is 74.6 Å². The number of rotatable bonds is 20. The van der Waals surface area contributed by atoms with Crippen LogP contribution < -0.4 is 19.5 Å². The van der Waals surface area contributed by atoms with E-state index in [4.69, 9.17) is 18.9 Å². The van der Waals surface area contributed by atoms with Crippen molar-refractivity contribution in [2.24, 2.45) is 23.7 Å². The number of aliphatic hydroxyl groups excluding tert-OH is 1. The molecule has 230 valence electrons. The number of hydrogen-bond acceptors (Lipinski definition) is 6. The summed E-state index contributed by atoms with van der Waals surface area (Å²) in [6.45, 7) is 10.6. The van der Waals surface area contributed by atoms with Crippen LogP contribution in [0.25, 0.3) is 0 Å². The summed E-state index contributed by atoms with van der Waals surface area (Å²) in [5.74, 6) is 2.86. The number of para-hydroxylation sites is 1. The zero-order valence-corrected chi connectivity index (χ0v) is 27.8. The first-order chi connectivity index (χ1) is 19.7. The number of aliphatic hydroxyl groups is 1. The van der Waals surface area contributed by atoms with E-state index < -0.39 is 6.10 Å². The van der Waals surface area contributed by atoms with E-state index in [0.29, 0.717) is 44.6 Å². The van der Waals surface area contributed by atoms with Crippen LogP contribution in [0.2, 0.25) is 0 Å². The maximum atomic E-state index is 13.0. The molecule has 0 saturated heterocycles. The van der Waals surface area contributed by atoms with Crippen molar-refractivity contribution in [1.29, 1.82) is 0 Å². The quantitative estimate of drug-likeness (QED) is 0.0964. The lowest BCUT2D eigenvalue weighted by molar-refractivity contribution is -0.127. The van der Waals surface area contributed by atoms with Crippen LogP contribution in [-0.2, 0) is 16.0 Å². The largest absolute Gasteiger partial charge is 0.493 e. The summed E-state index contributed by atoms with van der Waals surface area (Å²) >= 11 is 2.37. The van der Waals surface area contributed by atoms with Gasteiger partial charge in [-0.05, 0) is 66.8 Å². The van der Waals surface area contributed by atoms with Gasteiger partial charge in [0.15, 0.2) is 11.5 Å². The fourth-order valence-electron chi connectivity index (χ4n) is 4.77. The van der Waals surface area contributed by atoms with E-state index in [1.807, 2.05) is 50.2 Å². The average molecular weight is 684 g/mol. The zero-order chi connectivity index (χ0) is 30.2. The van der Waals surface area contributed by atoms with Gasteiger partial charge >= 0.3 is 0 Å². The monoisotopic (exact) mass is 683 g/mol. The van der Waals surface area contributed by atoms with Crippen molar-refractivity contribution in [3.05, 3.63) is 54.1 Å². The molecule has 0 bridgehead atoms. The van der Waals surface area contributed by atoms with Crippen LogP contribution >= 0.6 is 22.6 Å². The van der Waals surface area contributed by atoms with Gasteiger partial charge in [0.25, 0.3) is 0 Å². The number of methoxy groups -OCH3 is 2. The number of halogens is 1. The number of alkyl halides is 1. The van der Waals surface area contributed by atoms with Crippen LogP contribution in [0.3, 0.4) is 0 Å². The standard InChI is InChI=1S/C33H50INO6/c1-23(2)26(19-25-13-14-31(39-6)32(20-25)41-17-10-16-38-5)21-29(34)30(36)22-28(24(3)4)33(37)35-15-18-40-27-11-8-7-9-12-27/h7-9,11-14,20,23-24,26,28-30,36H,10,15-19,21-22H2,1-6H3,(H,35,37)/t26-,28-,29-,30-/m0/s1. The summed E-state index contributed by atoms with van der Waals surface area (Å²) in [7, 11) is 3.34. The van der Waals surface area contributed by atoms with Gasteiger partial charge in [0, 0.05) is 30.0 Å². The van der Waals surface area contributed by atoms with E-state index in [0.717, 1.165) is 36.5 Å². The lowest BCUT2D eigenvalue weighted by Crippen LogP contribution is -2.39. The molecule has 0 aliphatic rings. The smallest absolute Gasteiger partial charge is 0.223 e. The number of benzene rings is 2. The van der Waals surface area contributed by atoms with Crippen LogP contribution in [0, 0.1) is 23.7 Å². The maximum absolute atomic E-state index is 13.0. The molecule has 0 fully saturated rings. The van der Waals surface area contributed by atoms with E-state index in [-0.39, 0.29) is 21.7 Å². The van der Waals surface area contributed by atoms with Crippen molar-refractivity contribution >= 4 is 28.5 Å². The SMILES string of the molecule is COCCCOc1cc(C[C@@H](C[C@H](I)[C@@H](O)C[C@H](C(=O)NCCOc2ccccc2)C(C)C)C(C)C)ccc1OC. The van der Waals surface area contributed by atoms with Crippen molar-refractivity contribution in [1.82, 2.24) is 5.32 Å². The molecule has 0 radical (unpaired) electrons. The second-order valence-corrected chi connectivity index (χ2v) is 12.8. The van der Waals surface area contributed by atoms with Gasteiger partial charge < -0.3 is 29.4 Å². The first kappa shape index (κ1) is 35.2. The van der Waals surface area contributed by atoms with Gasteiger partial charge in [0.2, 0.25) is 5.91 Å². The molecule has 7 nitrogen and oxygen atoms in total. The summed E-state index contributed by atoms with van der Waals surface area (Å²) in [6.07, 6.45) is 2.39. The van der Waals surface area contributed by atoms with E-state index in [1.54, 1.807) is 14.2 Å². The minimum absolute atomic E-state index is 0.0264. The highest BCUT2D eigenvalue weighted by Crippen LogP contribution is 2.33. The number of hydrogen-bond donors (Lipinski definition) is 2. The summed E-state index contributed by atoms with van der Waals surface area (Å²) in [4.78, 5) is 13.0. The Kier molecular flexibility index (Phi) is 16.5. The lowest BCUT2D eigenvalue weighted by atomic mass is 9.82. The van der Waals surface area contributed by atoms with E-state index in [2.05, 4.69) is 53.9 Å². The third-order valence-electron chi connectivity index (χ3n) is 7.41. The van der Waals surface area contributed by atoms with Crippen LogP contribution in [0.5, 0.6) is 17.2 Å². The van der Waals surface area contributed by atoms with Crippen molar-refractivity contribution in [3.63, 3.8) is 0 Å². The first-order valence-corrected chi connectivity index (χ1v) is 16.0. The molecule has 0 unspecified atom stereocenters. The molecule has 0 spiro atoms. The molecule has 41 heavy (non-hydrogen) atoms. The number of ether oxygens (including phenoxy) is 4. The highest BCUT2D eigenvalue weighted by Gasteiger charge is 2.30. The van der Waals surface area contributed by atoms with Crippen molar-refractivity contribution in [2.45, 2.75) is 63.4 Å². The molecule has 0 aliphatic heterocycles. The molecule has 0 heterocycles. The van der Waals surface area contributed by atoms with Gasteiger partial charge in [0.05, 0.1) is 26.4 Å². The van der Waals surface area contributed by atoms with Gasteiger partial charge in [-0.15, -0.1) is 0 Å². The Morgan fingerprint density at radius 2 is 1.63 bits per heavy atom. The van der Waals surface area contributed by atoms with Gasteiger partial charge in [-0.2, -0.15) is 0 Å². The summed E-state index contributed by atoms with van der Waals surface area (Å²) in [5, 5.41) is 14.2. The van der Waals surface area contributed by atoms with Gasteiger partial charge in [-0.3, -0.25) is 4.79 Å². The maximum Gasteiger partial charge on any atom is 0.223 e. The third kappa shape index (κ3) is 12.8. The molecule has 0 aliphatic carbocycles. The normalized spacial score (nSPS) is 14.4. The van der Waals surface area contributed by atoms with E-state index in [1.165, 1.54) is 5.56 Å². The predicted molar refractivity (Wildman–Crippen MR) is 173 cm³/mol. The van der Waals surface area contributed by atoms with Gasteiger partial charge in [-0.25, -0.2) is 0 Å². The number of nitrogens with one attached hydrogen (secondary N) is 1. The number of amides is 1. The van der Waals surface area contributed by atoms with Crippen LogP contribution in [-0.4, -0.2) is 61.6 Å². The van der Waals surface area contributed by atoms with Gasteiger partial charge in [0.1, 0.15) is 12.4 Å². The molecule has 8 heteroatoms. The van der Waals surface area contributed by atoms with Crippen molar-refractivity contribution in [3.8, 4) is 17.2 Å². The molecule has 0 saturated carbocycles. The van der Waals surface area contributed by atoms with E-state index >= 15 is 0 Å². The Morgan fingerprint density at radius 3 is 2.27 bits per heavy atom. The number of carbonyl (C=O) groups is 1. The Bertz CT molecular complexity index is 1000. The molecule has 0 aromatic heterocycles. The third-order valence-corrected chi connectivity index (χ3v) is 8.75. The fourth-order valence-corrected chi connectivity index (χ4v) is 5.71. The van der Waals surface area contributed by atoms with Crippen molar-refractivity contribution in [2.75, 3.05) is 40.6 Å². The Balaban J connectivity index is 1.94. The zero-order valence-electron chi connectivity index (χ0n) is 25.6.